The maximum atomic E-state index is 13.0. The lowest BCUT2D eigenvalue weighted by Crippen LogP contribution is -2.08. The molecule has 0 radical (unpaired) electrons. The van der Waals surface area contributed by atoms with Crippen LogP contribution in [-0.2, 0) is 13.5 Å². The van der Waals surface area contributed by atoms with Gasteiger partial charge in [0.1, 0.15) is 11.6 Å². The maximum Gasteiger partial charge on any atom is 0.181 e. The van der Waals surface area contributed by atoms with E-state index >= 15 is 0 Å². The van der Waals surface area contributed by atoms with Crippen molar-refractivity contribution in [3.8, 4) is 11.4 Å². The summed E-state index contributed by atoms with van der Waals surface area (Å²) in [6, 6.07) is 4.41. The van der Waals surface area contributed by atoms with Gasteiger partial charge < -0.3 is 5.73 Å². The average molecular weight is 255 g/mol. The molecule has 0 aliphatic heterocycles. The van der Waals surface area contributed by atoms with Gasteiger partial charge in [0.15, 0.2) is 5.82 Å². The Morgan fingerprint density at radius 1 is 1.47 bits per heavy atom. The van der Waals surface area contributed by atoms with Crippen molar-refractivity contribution in [1.29, 1.82) is 0 Å². The molecule has 2 rings (SSSR count). The molecule has 0 aliphatic rings. The van der Waals surface area contributed by atoms with Gasteiger partial charge >= 0.3 is 0 Å². The van der Waals surface area contributed by atoms with Crippen molar-refractivity contribution >= 4 is 11.6 Å². The van der Waals surface area contributed by atoms with E-state index in [1.165, 1.54) is 12.1 Å². The minimum atomic E-state index is -0.450. The Bertz CT molecular complexity index is 538. The number of nitrogens with two attached hydrogens (primary N) is 1. The molecule has 0 bridgehead atoms. The summed E-state index contributed by atoms with van der Waals surface area (Å²) in [6.07, 6.45) is 0.651. The zero-order valence-corrected chi connectivity index (χ0v) is 10.1. The lowest BCUT2D eigenvalue weighted by Gasteiger charge is -1.97. The van der Waals surface area contributed by atoms with Crippen LogP contribution in [0.1, 0.15) is 5.82 Å². The molecule has 0 saturated heterocycles. The third-order valence-corrected chi connectivity index (χ3v) is 2.69. The van der Waals surface area contributed by atoms with Crippen LogP contribution in [0.4, 0.5) is 4.39 Å². The molecule has 17 heavy (non-hydrogen) atoms. The number of aromatic nitrogens is 3. The summed E-state index contributed by atoms with van der Waals surface area (Å²) >= 11 is 5.71. The van der Waals surface area contributed by atoms with Gasteiger partial charge in [-0.05, 0) is 24.7 Å². The second kappa shape index (κ2) is 4.81. The molecular formula is C11H12ClFN4. The molecule has 4 nitrogen and oxygen atoms in total. The van der Waals surface area contributed by atoms with E-state index in [-0.39, 0.29) is 5.02 Å². The molecule has 90 valence electrons. The highest BCUT2D eigenvalue weighted by atomic mass is 35.5. The molecule has 0 atom stereocenters. The predicted molar refractivity (Wildman–Crippen MR) is 64.2 cm³/mol. The number of hydrogen-bond acceptors (Lipinski definition) is 3. The Morgan fingerprint density at radius 3 is 2.88 bits per heavy atom. The van der Waals surface area contributed by atoms with Gasteiger partial charge in [-0.2, -0.15) is 5.10 Å². The summed E-state index contributed by atoms with van der Waals surface area (Å²) in [6.45, 7) is 0.510. The maximum absolute atomic E-state index is 13.0. The van der Waals surface area contributed by atoms with E-state index in [9.17, 15) is 4.39 Å². The van der Waals surface area contributed by atoms with Crippen LogP contribution in [0, 0.1) is 5.82 Å². The first-order chi connectivity index (χ1) is 8.11. The Labute approximate surface area is 103 Å². The standard InChI is InChI=1S/C11H12ClFN4/c1-17-10(4-5-14)15-11(16-17)7-2-3-9(13)8(12)6-7/h2-3,6H,4-5,14H2,1H3. The van der Waals surface area contributed by atoms with E-state index < -0.39 is 5.82 Å². The zero-order valence-electron chi connectivity index (χ0n) is 9.32. The second-order valence-corrected chi connectivity index (χ2v) is 4.05. The lowest BCUT2D eigenvalue weighted by molar-refractivity contribution is 0.628. The normalized spacial score (nSPS) is 10.8. The monoisotopic (exact) mass is 254 g/mol. The predicted octanol–water partition coefficient (Wildman–Crippen LogP) is 1.78. The van der Waals surface area contributed by atoms with Gasteiger partial charge in [0.25, 0.3) is 0 Å². The summed E-state index contributed by atoms with van der Waals surface area (Å²) in [5, 5.41) is 4.30. The molecule has 1 heterocycles. The summed E-state index contributed by atoms with van der Waals surface area (Å²) in [7, 11) is 1.80. The minimum absolute atomic E-state index is 0.0651. The van der Waals surface area contributed by atoms with Crippen LogP contribution in [0.25, 0.3) is 11.4 Å². The first-order valence-corrected chi connectivity index (χ1v) is 5.55. The number of rotatable bonds is 3. The molecule has 0 aliphatic carbocycles. The van der Waals surface area contributed by atoms with Crippen LogP contribution in [0.2, 0.25) is 5.02 Å². The minimum Gasteiger partial charge on any atom is -0.330 e. The van der Waals surface area contributed by atoms with E-state index in [0.29, 0.717) is 24.4 Å². The van der Waals surface area contributed by atoms with E-state index in [0.717, 1.165) is 5.82 Å². The Morgan fingerprint density at radius 2 is 2.24 bits per heavy atom. The van der Waals surface area contributed by atoms with Crippen LogP contribution < -0.4 is 5.73 Å². The van der Waals surface area contributed by atoms with E-state index in [4.69, 9.17) is 17.3 Å². The van der Waals surface area contributed by atoms with E-state index in [2.05, 4.69) is 10.1 Å². The first kappa shape index (κ1) is 12.0. The van der Waals surface area contributed by atoms with Crippen LogP contribution >= 0.6 is 11.6 Å². The van der Waals surface area contributed by atoms with Gasteiger partial charge in [0.05, 0.1) is 5.02 Å². The van der Waals surface area contributed by atoms with Gasteiger partial charge in [0.2, 0.25) is 0 Å². The van der Waals surface area contributed by atoms with Crippen LogP contribution in [-0.4, -0.2) is 21.3 Å². The molecule has 2 aromatic rings. The highest BCUT2D eigenvalue weighted by molar-refractivity contribution is 6.31. The molecule has 0 fully saturated rings. The van der Waals surface area contributed by atoms with Gasteiger partial charge in [-0.3, -0.25) is 4.68 Å². The van der Waals surface area contributed by atoms with Crippen molar-refractivity contribution in [2.75, 3.05) is 6.54 Å². The molecule has 0 amide bonds. The van der Waals surface area contributed by atoms with E-state index in [1.807, 2.05) is 0 Å². The second-order valence-electron chi connectivity index (χ2n) is 3.64. The van der Waals surface area contributed by atoms with Gasteiger partial charge in [-0.1, -0.05) is 11.6 Å². The topological polar surface area (TPSA) is 56.7 Å². The summed E-state index contributed by atoms with van der Waals surface area (Å²) in [4.78, 5) is 4.33. The molecule has 0 saturated carbocycles. The SMILES string of the molecule is Cn1nc(-c2ccc(F)c(Cl)c2)nc1CCN. The summed E-state index contributed by atoms with van der Waals surface area (Å²) in [5.41, 5.74) is 6.16. The Hall–Kier alpha value is -1.46. The van der Waals surface area contributed by atoms with Crippen molar-refractivity contribution in [2.24, 2.45) is 12.8 Å². The number of nitrogens with zero attached hydrogens (tertiary/aromatic N) is 3. The van der Waals surface area contributed by atoms with Crippen molar-refractivity contribution in [3.05, 3.63) is 34.9 Å². The summed E-state index contributed by atoms with van der Waals surface area (Å²) in [5.74, 6) is 0.870. The molecule has 0 spiro atoms. The molecule has 1 aromatic heterocycles. The van der Waals surface area contributed by atoms with Crippen molar-refractivity contribution in [2.45, 2.75) is 6.42 Å². The van der Waals surface area contributed by atoms with Gasteiger partial charge in [-0.15, -0.1) is 0 Å². The largest absolute Gasteiger partial charge is 0.330 e. The Balaban J connectivity index is 2.39. The average Bonchev–Trinajstić information content (AvgIpc) is 2.65. The fourth-order valence-electron chi connectivity index (χ4n) is 1.52. The quantitative estimate of drug-likeness (QED) is 0.908. The fourth-order valence-corrected chi connectivity index (χ4v) is 1.70. The van der Waals surface area contributed by atoms with Gasteiger partial charge in [0, 0.05) is 19.0 Å². The highest BCUT2D eigenvalue weighted by Crippen LogP contribution is 2.22. The third-order valence-electron chi connectivity index (χ3n) is 2.40. The van der Waals surface area contributed by atoms with Crippen LogP contribution in [0.3, 0.4) is 0 Å². The number of hydrogen-bond donors (Lipinski definition) is 1. The van der Waals surface area contributed by atoms with Gasteiger partial charge in [-0.25, -0.2) is 9.37 Å². The van der Waals surface area contributed by atoms with Crippen molar-refractivity contribution in [1.82, 2.24) is 14.8 Å². The number of halogens is 2. The molecule has 6 heteroatoms. The highest BCUT2D eigenvalue weighted by Gasteiger charge is 2.10. The Kier molecular flexibility index (Phi) is 3.40. The van der Waals surface area contributed by atoms with E-state index in [1.54, 1.807) is 17.8 Å². The molecule has 1 aromatic carbocycles. The smallest absolute Gasteiger partial charge is 0.181 e. The fraction of sp³-hybridized carbons (Fsp3) is 0.273. The zero-order chi connectivity index (χ0) is 12.4. The lowest BCUT2D eigenvalue weighted by atomic mass is 10.2. The molecule has 0 unspecified atom stereocenters. The molecule has 2 N–H and O–H groups in total. The van der Waals surface area contributed by atoms with Crippen molar-refractivity contribution in [3.63, 3.8) is 0 Å². The number of aryl methyl sites for hydroxylation is 1. The first-order valence-electron chi connectivity index (χ1n) is 5.17. The summed E-state index contributed by atoms with van der Waals surface area (Å²) < 4.78 is 14.7. The van der Waals surface area contributed by atoms with Crippen molar-refractivity contribution < 1.29 is 4.39 Å². The van der Waals surface area contributed by atoms with Crippen LogP contribution in [0.5, 0.6) is 0 Å². The van der Waals surface area contributed by atoms with Crippen LogP contribution in [0.15, 0.2) is 18.2 Å². The third kappa shape index (κ3) is 2.45. The number of benzene rings is 1. The molecular weight excluding hydrogens is 243 g/mol.